The molecule has 134 valence electrons. The number of fused-ring (bicyclic) bond motifs is 1. The largest absolute Gasteiger partial charge is 0.508 e. The molecule has 6 nitrogen and oxygen atoms in total. The highest BCUT2D eigenvalue weighted by Gasteiger charge is 2.59. The summed E-state index contributed by atoms with van der Waals surface area (Å²) in [6.45, 7) is 0. The molecule has 3 aliphatic rings. The van der Waals surface area contributed by atoms with Crippen LogP contribution in [-0.4, -0.2) is 38.2 Å². The van der Waals surface area contributed by atoms with Gasteiger partial charge in [0.15, 0.2) is 0 Å². The number of carbonyl (C=O) groups excluding carboxylic acids is 3. The summed E-state index contributed by atoms with van der Waals surface area (Å²) in [5, 5.41) is 0. The number of Topliss-reactive ketones (excluding diaryl/α,β-unsaturated/α-hetero) is 1. The second kappa shape index (κ2) is 6.73. The van der Waals surface area contributed by atoms with Gasteiger partial charge in [-0.05, 0) is 38.5 Å². The van der Waals surface area contributed by atoms with Gasteiger partial charge in [0, 0.05) is 17.3 Å². The molecule has 6 heteroatoms. The van der Waals surface area contributed by atoms with Gasteiger partial charge in [0.2, 0.25) is 0 Å². The second-order valence-electron chi connectivity index (χ2n) is 7.41. The minimum Gasteiger partial charge on any atom is -0.469 e. The third-order valence-corrected chi connectivity index (χ3v) is 6.38. The van der Waals surface area contributed by atoms with Gasteiger partial charge < -0.3 is 14.2 Å². The Morgan fingerprint density at radius 3 is 2.54 bits per heavy atom. The molecular formula is C18H26O6. The zero-order valence-electron chi connectivity index (χ0n) is 14.4. The maximum Gasteiger partial charge on any atom is 0.508 e. The SMILES string of the molecule is COC(=O)O[C@H]1CC[C@@]23CCCC[C@H](C[C@H](C(=O)OC)C[C@H]12)C3=O. The molecule has 0 aromatic carbocycles. The van der Waals surface area contributed by atoms with Gasteiger partial charge in [-0.2, -0.15) is 0 Å². The van der Waals surface area contributed by atoms with E-state index in [1.54, 1.807) is 0 Å². The lowest BCUT2D eigenvalue weighted by molar-refractivity contribution is -0.147. The van der Waals surface area contributed by atoms with Crippen LogP contribution in [0.25, 0.3) is 0 Å². The van der Waals surface area contributed by atoms with E-state index in [-0.39, 0.29) is 35.6 Å². The zero-order valence-corrected chi connectivity index (χ0v) is 14.4. The van der Waals surface area contributed by atoms with Crippen molar-refractivity contribution in [1.29, 1.82) is 0 Å². The molecule has 3 aliphatic carbocycles. The standard InChI is InChI=1S/C18H26O6/c1-22-16(20)12-9-11-5-3-4-7-18(15(11)19)8-6-14(13(18)10-12)24-17(21)23-2/h11-14H,3-10H2,1-2H3/t11-,12+,13-,14+,18+/m1/s1. The molecule has 0 saturated heterocycles. The fourth-order valence-corrected chi connectivity index (χ4v) is 5.27. The molecule has 0 amide bonds. The molecule has 5 atom stereocenters. The number of esters is 1. The molecule has 3 rings (SSSR count). The Morgan fingerprint density at radius 1 is 1.04 bits per heavy atom. The summed E-state index contributed by atoms with van der Waals surface area (Å²) in [5.74, 6) is -0.453. The van der Waals surface area contributed by atoms with Crippen LogP contribution in [0.4, 0.5) is 4.79 Å². The molecule has 24 heavy (non-hydrogen) atoms. The summed E-state index contributed by atoms with van der Waals surface area (Å²) in [6, 6.07) is 0. The molecule has 3 fully saturated rings. The predicted molar refractivity (Wildman–Crippen MR) is 84.1 cm³/mol. The van der Waals surface area contributed by atoms with E-state index in [1.165, 1.54) is 14.2 Å². The predicted octanol–water partition coefficient (Wildman–Crippen LogP) is 2.88. The molecule has 0 aliphatic heterocycles. The van der Waals surface area contributed by atoms with Crippen LogP contribution in [0.2, 0.25) is 0 Å². The van der Waals surface area contributed by atoms with Crippen LogP contribution in [0, 0.1) is 23.2 Å². The third kappa shape index (κ3) is 2.80. The number of carbonyl (C=O) groups is 3. The Balaban J connectivity index is 1.94. The topological polar surface area (TPSA) is 78.9 Å². The quantitative estimate of drug-likeness (QED) is 0.720. The van der Waals surface area contributed by atoms with E-state index in [1.807, 2.05) is 0 Å². The Bertz CT molecular complexity index is 530. The first kappa shape index (κ1) is 17.2. The molecule has 0 aromatic rings. The van der Waals surface area contributed by atoms with Crippen molar-refractivity contribution in [3.63, 3.8) is 0 Å². The van der Waals surface area contributed by atoms with E-state index in [9.17, 15) is 14.4 Å². The van der Waals surface area contributed by atoms with Crippen molar-refractivity contribution < 1.29 is 28.6 Å². The Labute approximate surface area is 142 Å². The van der Waals surface area contributed by atoms with Crippen molar-refractivity contribution >= 4 is 17.9 Å². The summed E-state index contributed by atoms with van der Waals surface area (Å²) in [7, 11) is 2.67. The Kier molecular flexibility index (Phi) is 4.83. The fraction of sp³-hybridized carbons (Fsp3) is 0.833. The van der Waals surface area contributed by atoms with E-state index in [0.717, 1.165) is 32.1 Å². The van der Waals surface area contributed by atoms with Gasteiger partial charge in [-0.1, -0.05) is 12.8 Å². The van der Waals surface area contributed by atoms with Gasteiger partial charge in [-0.15, -0.1) is 0 Å². The monoisotopic (exact) mass is 338 g/mol. The Morgan fingerprint density at radius 2 is 1.83 bits per heavy atom. The second-order valence-corrected chi connectivity index (χ2v) is 7.41. The van der Waals surface area contributed by atoms with Crippen LogP contribution in [0.5, 0.6) is 0 Å². The first-order valence-corrected chi connectivity index (χ1v) is 8.88. The lowest BCUT2D eigenvalue weighted by atomic mass is 9.69. The van der Waals surface area contributed by atoms with Crippen molar-refractivity contribution in [3.8, 4) is 0 Å². The number of ether oxygens (including phenoxy) is 3. The van der Waals surface area contributed by atoms with Gasteiger partial charge in [-0.25, -0.2) is 4.79 Å². The molecule has 0 aromatic heterocycles. The minimum atomic E-state index is -0.714. The summed E-state index contributed by atoms with van der Waals surface area (Å²) in [4.78, 5) is 37.1. The summed E-state index contributed by atoms with van der Waals surface area (Å²) >= 11 is 0. The molecule has 2 bridgehead atoms. The van der Waals surface area contributed by atoms with Crippen LogP contribution < -0.4 is 0 Å². The van der Waals surface area contributed by atoms with Gasteiger partial charge >= 0.3 is 12.1 Å². The highest BCUT2D eigenvalue weighted by atomic mass is 16.7. The van der Waals surface area contributed by atoms with E-state index in [0.29, 0.717) is 19.3 Å². The molecule has 0 unspecified atom stereocenters. The number of ketones is 1. The number of hydrogen-bond acceptors (Lipinski definition) is 6. The normalized spacial score (nSPS) is 38.5. The number of hydrogen-bond donors (Lipinski definition) is 0. The van der Waals surface area contributed by atoms with E-state index >= 15 is 0 Å². The highest BCUT2D eigenvalue weighted by Crippen LogP contribution is 2.57. The first-order valence-electron chi connectivity index (χ1n) is 8.88. The van der Waals surface area contributed by atoms with Gasteiger partial charge in [0.1, 0.15) is 11.9 Å². The molecule has 0 N–H and O–H groups in total. The summed E-state index contributed by atoms with van der Waals surface area (Å²) < 4.78 is 15.1. The average Bonchev–Trinajstić information content (AvgIpc) is 2.78. The van der Waals surface area contributed by atoms with Crippen LogP contribution in [0.15, 0.2) is 0 Å². The van der Waals surface area contributed by atoms with Gasteiger partial charge in [0.25, 0.3) is 0 Å². The minimum absolute atomic E-state index is 0.0709. The van der Waals surface area contributed by atoms with Crippen molar-refractivity contribution in [2.24, 2.45) is 23.2 Å². The third-order valence-electron chi connectivity index (χ3n) is 6.38. The van der Waals surface area contributed by atoms with E-state index in [4.69, 9.17) is 9.47 Å². The average molecular weight is 338 g/mol. The Hall–Kier alpha value is -1.59. The number of methoxy groups -OCH3 is 2. The lowest BCUT2D eigenvalue weighted by Gasteiger charge is -2.34. The molecule has 0 radical (unpaired) electrons. The highest BCUT2D eigenvalue weighted by molar-refractivity contribution is 5.89. The molecule has 1 spiro atoms. The van der Waals surface area contributed by atoms with Gasteiger partial charge in [-0.3, -0.25) is 9.59 Å². The zero-order chi connectivity index (χ0) is 17.3. The van der Waals surface area contributed by atoms with Crippen LogP contribution in [0.1, 0.15) is 51.4 Å². The maximum absolute atomic E-state index is 13.3. The molecular weight excluding hydrogens is 312 g/mol. The smallest absolute Gasteiger partial charge is 0.469 e. The first-order chi connectivity index (χ1) is 11.5. The van der Waals surface area contributed by atoms with Crippen molar-refractivity contribution in [1.82, 2.24) is 0 Å². The van der Waals surface area contributed by atoms with Crippen molar-refractivity contribution in [2.45, 2.75) is 57.5 Å². The van der Waals surface area contributed by atoms with Crippen LogP contribution >= 0.6 is 0 Å². The number of rotatable bonds is 2. The van der Waals surface area contributed by atoms with Gasteiger partial charge in [0.05, 0.1) is 20.1 Å². The van der Waals surface area contributed by atoms with Crippen molar-refractivity contribution in [3.05, 3.63) is 0 Å². The fourth-order valence-electron chi connectivity index (χ4n) is 5.27. The lowest BCUT2D eigenvalue weighted by Crippen LogP contribution is -2.40. The molecule has 0 heterocycles. The molecule has 3 saturated carbocycles. The summed E-state index contributed by atoms with van der Waals surface area (Å²) in [6.07, 6.45) is 5.16. The van der Waals surface area contributed by atoms with Crippen LogP contribution in [0.3, 0.4) is 0 Å². The van der Waals surface area contributed by atoms with Crippen LogP contribution in [-0.2, 0) is 23.8 Å². The maximum atomic E-state index is 13.3. The summed E-state index contributed by atoms with van der Waals surface area (Å²) in [5.41, 5.74) is -0.442. The van der Waals surface area contributed by atoms with E-state index < -0.39 is 11.6 Å². The van der Waals surface area contributed by atoms with E-state index in [2.05, 4.69) is 4.74 Å². The van der Waals surface area contributed by atoms with Crippen molar-refractivity contribution in [2.75, 3.05) is 14.2 Å².